The lowest BCUT2D eigenvalue weighted by Crippen LogP contribution is -2.13. The minimum absolute atomic E-state index is 0.318. The van der Waals surface area contributed by atoms with E-state index < -0.39 is 0 Å². The number of anilines is 2. The van der Waals surface area contributed by atoms with E-state index in [0.717, 1.165) is 11.3 Å². The highest BCUT2D eigenvalue weighted by Gasteiger charge is 2.08. The van der Waals surface area contributed by atoms with Crippen molar-refractivity contribution in [1.29, 1.82) is 5.26 Å². The molecule has 0 fully saturated rings. The third kappa shape index (κ3) is 4.80. The predicted octanol–water partition coefficient (Wildman–Crippen LogP) is 3.22. The van der Waals surface area contributed by atoms with Gasteiger partial charge in [-0.05, 0) is 42.0 Å². The van der Waals surface area contributed by atoms with Crippen LogP contribution in [0.3, 0.4) is 0 Å². The van der Waals surface area contributed by atoms with Crippen molar-refractivity contribution in [1.82, 2.24) is 9.97 Å². The van der Waals surface area contributed by atoms with Crippen LogP contribution in [0.2, 0.25) is 0 Å². The van der Waals surface area contributed by atoms with Crippen LogP contribution in [0.4, 0.5) is 11.6 Å². The molecule has 7 nitrogen and oxygen atoms in total. The molecule has 0 radical (unpaired) electrons. The molecule has 0 aliphatic carbocycles. The molecule has 3 aromatic rings. The van der Waals surface area contributed by atoms with Crippen molar-refractivity contribution >= 4 is 17.5 Å². The quantitative estimate of drug-likeness (QED) is 0.701. The molecule has 0 aliphatic rings. The molecule has 2 aromatic carbocycles. The van der Waals surface area contributed by atoms with Crippen molar-refractivity contribution in [2.45, 2.75) is 6.54 Å². The molecule has 7 heteroatoms. The van der Waals surface area contributed by atoms with Crippen LogP contribution in [0, 0.1) is 11.3 Å². The molecule has 0 bridgehead atoms. The van der Waals surface area contributed by atoms with Gasteiger partial charge in [-0.25, -0.2) is 9.97 Å². The standard InChI is InChI=1S/C20H17N5O2/c1-27-18-8-4-15(5-9-18)11-22-20-23-12-16(13-24-20)19(26)25-17-6-2-14(10-21)3-7-17/h2-9,12-13H,11H2,1H3,(H,25,26)(H,22,23,24). The number of carbonyl (C=O) groups is 1. The summed E-state index contributed by atoms with van der Waals surface area (Å²) in [4.78, 5) is 20.6. The number of nitrogens with zero attached hydrogens (tertiary/aromatic N) is 3. The fourth-order valence-corrected chi connectivity index (χ4v) is 2.29. The minimum Gasteiger partial charge on any atom is -0.497 e. The van der Waals surface area contributed by atoms with Crippen LogP contribution in [-0.4, -0.2) is 23.0 Å². The molecule has 0 aliphatic heterocycles. The first kappa shape index (κ1) is 17.9. The Bertz CT molecular complexity index is 946. The molecular weight excluding hydrogens is 342 g/mol. The highest BCUT2D eigenvalue weighted by atomic mass is 16.5. The van der Waals surface area contributed by atoms with Crippen molar-refractivity contribution in [3.05, 3.63) is 77.6 Å². The molecule has 0 unspecified atom stereocenters. The van der Waals surface area contributed by atoms with E-state index in [0.29, 0.717) is 29.3 Å². The van der Waals surface area contributed by atoms with Crippen molar-refractivity contribution in [3.8, 4) is 11.8 Å². The first-order chi connectivity index (χ1) is 13.2. The molecule has 1 heterocycles. The topological polar surface area (TPSA) is 99.9 Å². The number of methoxy groups -OCH3 is 1. The lowest BCUT2D eigenvalue weighted by Gasteiger charge is -2.07. The summed E-state index contributed by atoms with van der Waals surface area (Å²) >= 11 is 0. The summed E-state index contributed by atoms with van der Waals surface area (Å²) in [5, 5.41) is 14.6. The molecule has 3 rings (SSSR count). The highest BCUT2D eigenvalue weighted by Crippen LogP contribution is 2.13. The number of rotatable bonds is 6. The molecular formula is C20H17N5O2. The monoisotopic (exact) mass is 359 g/mol. The largest absolute Gasteiger partial charge is 0.497 e. The van der Waals surface area contributed by atoms with E-state index in [4.69, 9.17) is 10.00 Å². The van der Waals surface area contributed by atoms with Gasteiger partial charge in [0.2, 0.25) is 5.95 Å². The number of nitriles is 1. The summed E-state index contributed by atoms with van der Waals surface area (Å²) in [5.74, 6) is 0.912. The average Bonchev–Trinajstić information content (AvgIpc) is 2.73. The summed E-state index contributed by atoms with van der Waals surface area (Å²) in [6.07, 6.45) is 2.92. The minimum atomic E-state index is -0.318. The van der Waals surface area contributed by atoms with Gasteiger partial charge in [-0.1, -0.05) is 12.1 Å². The van der Waals surface area contributed by atoms with E-state index in [1.165, 1.54) is 12.4 Å². The van der Waals surface area contributed by atoms with Gasteiger partial charge in [-0.3, -0.25) is 4.79 Å². The van der Waals surface area contributed by atoms with Gasteiger partial charge in [-0.15, -0.1) is 0 Å². The number of nitrogens with one attached hydrogen (secondary N) is 2. The molecule has 0 saturated carbocycles. The van der Waals surface area contributed by atoms with Crippen molar-refractivity contribution < 1.29 is 9.53 Å². The third-order valence-electron chi connectivity index (χ3n) is 3.80. The summed E-state index contributed by atoms with van der Waals surface area (Å²) in [7, 11) is 1.63. The maximum atomic E-state index is 12.2. The van der Waals surface area contributed by atoms with Gasteiger partial charge in [0, 0.05) is 24.6 Å². The summed E-state index contributed by atoms with van der Waals surface area (Å²) in [6, 6.07) is 16.3. The van der Waals surface area contributed by atoms with Gasteiger partial charge in [0.15, 0.2) is 0 Å². The smallest absolute Gasteiger partial charge is 0.258 e. The van der Waals surface area contributed by atoms with Crippen LogP contribution in [0.25, 0.3) is 0 Å². The number of hydrogen-bond acceptors (Lipinski definition) is 6. The Morgan fingerprint density at radius 3 is 2.33 bits per heavy atom. The van der Waals surface area contributed by atoms with Gasteiger partial charge >= 0.3 is 0 Å². The lowest BCUT2D eigenvalue weighted by atomic mass is 10.2. The zero-order valence-corrected chi connectivity index (χ0v) is 14.6. The highest BCUT2D eigenvalue weighted by molar-refractivity contribution is 6.03. The van der Waals surface area contributed by atoms with Gasteiger partial charge in [0.05, 0.1) is 24.3 Å². The number of amides is 1. The average molecular weight is 359 g/mol. The molecule has 0 spiro atoms. The molecule has 27 heavy (non-hydrogen) atoms. The Kier molecular flexibility index (Phi) is 5.60. The van der Waals surface area contributed by atoms with Crippen LogP contribution >= 0.6 is 0 Å². The van der Waals surface area contributed by atoms with E-state index in [2.05, 4.69) is 20.6 Å². The Morgan fingerprint density at radius 2 is 1.74 bits per heavy atom. The van der Waals surface area contributed by atoms with E-state index in [-0.39, 0.29) is 5.91 Å². The molecule has 2 N–H and O–H groups in total. The Morgan fingerprint density at radius 1 is 1.07 bits per heavy atom. The molecule has 0 atom stereocenters. The Labute approximate surface area is 156 Å². The molecule has 1 aromatic heterocycles. The Balaban J connectivity index is 1.57. The van der Waals surface area contributed by atoms with Crippen LogP contribution in [-0.2, 0) is 6.54 Å². The number of carbonyl (C=O) groups excluding carboxylic acids is 1. The fraction of sp³-hybridized carbons (Fsp3) is 0.100. The molecule has 1 amide bonds. The van der Waals surface area contributed by atoms with Crippen molar-refractivity contribution in [2.75, 3.05) is 17.7 Å². The van der Waals surface area contributed by atoms with Gasteiger partial charge in [-0.2, -0.15) is 5.26 Å². The first-order valence-corrected chi connectivity index (χ1v) is 8.18. The van der Waals surface area contributed by atoms with E-state index in [1.807, 2.05) is 30.3 Å². The van der Waals surface area contributed by atoms with Gasteiger partial charge in [0.1, 0.15) is 5.75 Å². The summed E-state index contributed by atoms with van der Waals surface area (Å²) in [5.41, 5.74) is 2.53. The first-order valence-electron chi connectivity index (χ1n) is 8.18. The van der Waals surface area contributed by atoms with Crippen LogP contribution in [0.5, 0.6) is 5.75 Å². The molecule has 134 valence electrons. The summed E-state index contributed by atoms with van der Waals surface area (Å²) in [6.45, 7) is 0.556. The number of hydrogen-bond donors (Lipinski definition) is 2. The predicted molar refractivity (Wildman–Crippen MR) is 101 cm³/mol. The second-order valence-corrected chi connectivity index (χ2v) is 5.64. The van der Waals surface area contributed by atoms with Crippen molar-refractivity contribution in [3.63, 3.8) is 0 Å². The normalized spacial score (nSPS) is 9.93. The van der Waals surface area contributed by atoms with E-state index in [1.54, 1.807) is 31.4 Å². The van der Waals surface area contributed by atoms with Gasteiger partial charge in [0.25, 0.3) is 5.91 Å². The van der Waals surface area contributed by atoms with E-state index >= 15 is 0 Å². The number of aromatic nitrogens is 2. The maximum Gasteiger partial charge on any atom is 0.258 e. The molecule has 0 saturated heterocycles. The number of benzene rings is 2. The second-order valence-electron chi connectivity index (χ2n) is 5.64. The zero-order valence-electron chi connectivity index (χ0n) is 14.6. The number of ether oxygens (including phenoxy) is 1. The fourth-order valence-electron chi connectivity index (χ4n) is 2.29. The van der Waals surface area contributed by atoms with Crippen molar-refractivity contribution in [2.24, 2.45) is 0 Å². The lowest BCUT2D eigenvalue weighted by molar-refractivity contribution is 0.102. The van der Waals surface area contributed by atoms with Crippen LogP contribution in [0.1, 0.15) is 21.5 Å². The maximum absolute atomic E-state index is 12.2. The Hall–Kier alpha value is -3.92. The summed E-state index contributed by atoms with van der Waals surface area (Å²) < 4.78 is 5.12. The van der Waals surface area contributed by atoms with Crippen LogP contribution < -0.4 is 15.4 Å². The van der Waals surface area contributed by atoms with Crippen LogP contribution in [0.15, 0.2) is 60.9 Å². The third-order valence-corrected chi connectivity index (χ3v) is 3.80. The van der Waals surface area contributed by atoms with E-state index in [9.17, 15) is 4.79 Å². The SMILES string of the molecule is COc1ccc(CNc2ncc(C(=O)Nc3ccc(C#N)cc3)cn2)cc1. The zero-order chi connectivity index (χ0) is 19.1. The van der Waals surface area contributed by atoms with Gasteiger partial charge < -0.3 is 15.4 Å². The second kappa shape index (κ2) is 8.45.